The average Bonchev–Trinajstić information content (AvgIpc) is 3.47. The maximum Gasteiger partial charge on any atom is 0.343 e. The number of fused-ring (bicyclic) bond motifs is 1. The van der Waals surface area contributed by atoms with Crippen LogP contribution in [0.1, 0.15) is 225 Å². The zero-order valence-electron chi connectivity index (χ0n) is 47.4. The van der Waals surface area contributed by atoms with Gasteiger partial charge in [0.25, 0.3) is 0 Å². The van der Waals surface area contributed by atoms with E-state index in [2.05, 4.69) is 23.8 Å². The molecule has 8 heteroatoms. The third kappa shape index (κ3) is 24.0. The monoisotopic (exact) mass is 1050 g/mol. The molecule has 0 spiro atoms. The van der Waals surface area contributed by atoms with E-state index >= 15 is 0 Å². The molecule has 0 N–H and O–H groups in total. The summed E-state index contributed by atoms with van der Waals surface area (Å²) in [4.78, 5) is 35.9. The zero-order chi connectivity index (χ0) is 54.5. The van der Waals surface area contributed by atoms with Gasteiger partial charge in [0.1, 0.15) is 23.0 Å². The molecule has 6 aromatic rings. The molecule has 0 fully saturated rings. The smallest absolute Gasteiger partial charge is 0.343 e. The highest BCUT2D eigenvalue weighted by molar-refractivity contribution is 5.97. The first-order chi connectivity index (χ1) is 38.5. The molecule has 0 unspecified atom stereocenters. The summed E-state index contributed by atoms with van der Waals surface area (Å²) in [5, 5.41) is 1.48. The summed E-state index contributed by atoms with van der Waals surface area (Å²) >= 11 is 0. The Morgan fingerprint density at radius 1 is 0.372 bits per heavy atom. The lowest BCUT2D eigenvalue weighted by Crippen LogP contribution is -2.09. The van der Waals surface area contributed by atoms with Crippen molar-refractivity contribution in [2.45, 2.75) is 194 Å². The number of benzene rings is 6. The van der Waals surface area contributed by atoms with Crippen LogP contribution in [0.2, 0.25) is 0 Å². The topological polar surface area (TPSA) is 95.8 Å². The third-order valence-corrected chi connectivity index (χ3v) is 14.5. The van der Waals surface area contributed by atoms with Gasteiger partial charge in [0.15, 0.2) is 0 Å². The van der Waals surface area contributed by atoms with Gasteiger partial charge in [0.05, 0.1) is 35.7 Å². The summed E-state index contributed by atoms with van der Waals surface area (Å²) in [6.45, 7) is 6.02. The van der Waals surface area contributed by atoms with E-state index in [1.165, 1.54) is 167 Å². The first kappa shape index (κ1) is 60.7. The molecule has 0 bridgehead atoms. The van der Waals surface area contributed by atoms with E-state index in [0.29, 0.717) is 28.0 Å². The van der Waals surface area contributed by atoms with Crippen LogP contribution >= 0.6 is 0 Å². The standard InChI is InChI=1S/C70H90N2O6/c1-3-5-7-9-11-13-15-17-19-21-23-25-27-29-52-75-64-48-43-62(44-49-64)71-55-57-34-38-60(39-35-57)69(73)77-66-47-42-59-32-31-33-68(67(59)54-66)78-70(74)61-40-36-58(37-41-61)56-72-63-45-50-65(51-46-63)76-53-30-28-26-24-22-20-18-16-14-12-10-8-6-4-2/h31-51,54-56H,3-30,52-53H2,1-2H3. The minimum atomic E-state index is -0.503. The molecule has 416 valence electrons. The van der Waals surface area contributed by atoms with E-state index in [9.17, 15) is 9.59 Å². The highest BCUT2D eigenvalue weighted by Crippen LogP contribution is 2.31. The molecule has 78 heavy (non-hydrogen) atoms. The van der Waals surface area contributed by atoms with Crippen molar-refractivity contribution in [3.63, 3.8) is 0 Å². The second-order valence-corrected chi connectivity index (χ2v) is 21.1. The molecule has 0 amide bonds. The van der Waals surface area contributed by atoms with Crippen molar-refractivity contribution in [1.82, 2.24) is 0 Å². The molecule has 6 aromatic carbocycles. The Morgan fingerprint density at radius 3 is 1.13 bits per heavy atom. The number of ether oxygens (including phenoxy) is 4. The molecule has 0 saturated heterocycles. The summed E-state index contributed by atoms with van der Waals surface area (Å²) in [5.41, 5.74) is 4.12. The number of carbonyl (C=O) groups is 2. The van der Waals surface area contributed by atoms with Gasteiger partial charge in [-0.15, -0.1) is 0 Å². The van der Waals surface area contributed by atoms with Crippen molar-refractivity contribution in [3.05, 3.63) is 156 Å². The van der Waals surface area contributed by atoms with Gasteiger partial charge in [-0.05, 0) is 120 Å². The van der Waals surface area contributed by atoms with Crippen molar-refractivity contribution >= 4 is 46.5 Å². The number of carbonyl (C=O) groups excluding carboxylic acids is 2. The molecule has 0 aromatic heterocycles. The van der Waals surface area contributed by atoms with Crippen LogP contribution in [0.5, 0.6) is 23.0 Å². The fourth-order valence-corrected chi connectivity index (χ4v) is 9.64. The Balaban J connectivity index is 0.854. The van der Waals surface area contributed by atoms with Crippen LogP contribution in [0.3, 0.4) is 0 Å². The first-order valence-electron chi connectivity index (χ1n) is 30.2. The van der Waals surface area contributed by atoms with Gasteiger partial charge in [-0.3, -0.25) is 9.98 Å². The van der Waals surface area contributed by atoms with Crippen LogP contribution in [-0.4, -0.2) is 37.6 Å². The second kappa shape index (κ2) is 37.3. The molecule has 0 radical (unpaired) electrons. The summed E-state index contributed by atoms with van der Waals surface area (Å²) in [5.74, 6) is 1.40. The Morgan fingerprint density at radius 2 is 0.731 bits per heavy atom. The fourth-order valence-electron chi connectivity index (χ4n) is 9.64. The van der Waals surface area contributed by atoms with E-state index in [1.54, 1.807) is 54.9 Å². The largest absolute Gasteiger partial charge is 0.494 e. The summed E-state index contributed by atoms with van der Waals surface area (Å²) in [7, 11) is 0. The maximum atomic E-state index is 13.4. The zero-order valence-corrected chi connectivity index (χ0v) is 47.4. The predicted octanol–water partition coefficient (Wildman–Crippen LogP) is 20.5. The maximum absolute atomic E-state index is 13.4. The highest BCUT2D eigenvalue weighted by atomic mass is 16.5. The second-order valence-electron chi connectivity index (χ2n) is 21.1. The number of nitrogens with zero attached hydrogens (tertiary/aromatic N) is 2. The highest BCUT2D eigenvalue weighted by Gasteiger charge is 2.14. The van der Waals surface area contributed by atoms with Crippen LogP contribution in [0, 0.1) is 0 Å². The Labute approximate surface area is 468 Å². The number of hydrogen-bond acceptors (Lipinski definition) is 8. The molecular weight excluding hydrogens is 965 g/mol. The minimum absolute atomic E-state index is 0.333. The Kier molecular flexibility index (Phi) is 29.0. The molecular formula is C70H90N2O6. The lowest BCUT2D eigenvalue weighted by Gasteiger charge is -2.10. The van der Waals surface area contributed by atoms with Gasteiger partial charge in [-0.1, -0.05) is 223 Å². The number of hydrogen-bond donors (Lipinski definition) is 0. The van der Waals surface area contributed by atoms with E-state index in [0.717, 1.165) is 65.4 Å². The average molecular weight is 1060 g/mol. The van der Waals surface area contributed by atoms with Crippen molar-refractivity contribution in [2.24, 2.45) is 9.98 Å². The molecule has 0 aliphatic carbocycles. The molecule has 0 heterocycles. The minimum Gasteiger partial charge on any atom is -0.494 e. The summed E-state index contributed by atoms with van der Waals surface area (Å²) < 4.78 is 23.7. The van der Waals surface area contributed by atoms with Crippen molar-refractivity contribution in [2.75, 3.05) is 13.2 Å². The van der Waals surface area contributed by atoms with Crippen molar-refractivity contribution < 1.29 is 28.5 Å². The predicted molar refractivity (Wildman–Crippen MR) is 326 cm³/mol. The SMILES string of the molecule is CCCCCCCCCCCCCCCCOc1ccc(N=Cc2ccc(C(=O)Oc3ccc4cccc(OC(=O)c5ccc(C=Nc6ccc(OCCCCCCCCCCCCCCCC)cc6)cc5)c4c3)cc2)cc1. The van der Waals surface area contributed by atoms with Crippen LogP contribution in [0.4, 0.5) is 11.4 Å². The van der Waals surface area contributed by atoms with Crippen molar-refractivity contribution in [1.29, 1.82) is 0 Å². The number of aliphatic imine (C=N–C) groups is 2. The Bertz CT molecular complexity index is 2640. The lowest BCUT2D eigenvalue weighted by molar-refractivity contribution is 0.0724. The third-order valence-electron chi connectivity index (χ3n) is 14.5. The van der Waals surface area contributed by atoms with Crippen molar-refractivity contribution in [3.8, 4) is 23.0 Å². The van der Waals surface area contributed by atoms with E-state index in [4.69, 9.17) is 18.9 Å². The van der Waals surface area contributed by atoms with Crippen LogP contribution in [0.15, 0.2) is 143 Å². The summed E-state index contributed by atoms with van der Waals surface area (Å²) in [6, 6.07) is 40.6. The number of rotatable bonds is 40. The molecule has 0 aliphatic heterocycles. The normalized spacial score (nSPS) is 11.5. The quantitative estimate of drug-likeness (QED) is 0.0165. The molecule has 8 nitrogen and oxygen atoms in total. The van der Waals surface area contributed by atoms with Gasteiger partial charge >= 0.3 is 11.9 Å². The molecule has 0 saturated carbocycles. The first-order valence-corrected chi connectivity index (χ1v) is 30.2. The molecule has 0 aliphatic rings. The van der Waals surface area contributed by atoms with Gasteiger partial charge in [0.2, 0.25) is 0 Å². The van der Waals surface area contributed by atoms with E-state index in [1.807, 2.05) is 91.0 Å². The van der Waals surface area contributed by atoms with Gasteiger partial charge in [-0.2, -0.15) is 0 Å². The molecule has 6 rings (SSSR count). The van der Waals surface area contributed by atoms with E-state index in [-0.39, 0.29) is 0 Å². The summed E-state index contributed by atoms with van der Waals surface area (Å²) in [6.07, 6.45) is 41.1. The number of unbranched alkanes of at least 4 members (excludes halogenated alkanes) is 26. The van der Waals surface area contributed by atoms with Crippen LogP contribution in [0.25, 0.3) is 10.8 Å². The molecule has 0 atom stereocenters. The fraction of sp³-hybridized carbons (Fsp3) is 0.457. The van der Waals surface area contributed by atoms with Gasteiger partial charge in [-0.25, -0.2) is 9.59 Å². The van der Waals surface area contributed by atoms with E-state index < -0.39 is 11.9 Å². The van der Waals surface area contributed by atoms with Crippen LogP contribution < -0.4 is 18.9 Å². The lowest BCUT2D eigenvalue weighted by atomic mass is 10.0. The van der Waals surface area contributed by atoms with Gasteiger partial charge < -0.3 is 18.9 Å². The number of esters is 2. The van der Waals surface area contributed by atoms with Gasteiger partial charge in [0, 0.05) is 17.8 Å². The Hall–Kier alpha value is -6.54. The van der Waals surface area contributed by atoms with Crippen LogP contribution in [-0.2, 0) is 0 Å².